The van der Waals surface area contributed by atoms with Gasteiger partial charge in [0.15, 0.2) is 11.5 Å². The fourth-order valence-corrected chi connectivity index (χ4v) is 1.91. The van der Waals surface area contributed by atoms with E-state index in [0.717, 1.165) is 11.4 Å². The van der Waals surface area contributed by atoms with Gasteiger partial charge in [0.2, 0.25) is 5.91 Å². The smallest absolute Gasteiger partial charge is 0.224 e. The van der Waals surface area contributed by atoms with Crippen LogP contribution in [0, 0.1) is 0 Å². The molecule has 1 aromatic carbocycles. The molecular weight excluding hydrogens is 272 g/mol. The number of hydrogen-bond acceptors (Lipinski definition) is 5. The Balaban J connectivity index is 1.84. The SMILES string of the molecule is COc1ccc(CC(=O)NCCc2ncn[nH]2)cc1OC. The van der Waals surface area contributed by atoms with Crippen molar-refractivity contribution in [3.63, 3.8) is 0 Å². The number of hydrogen-bond donors (Lipinski definition) is 2. The first kappa shape index (κ1) is 14.8. The number of carbonyl (C=O) groups excluding carboxylic acids is 1. The lowest BCUT2D eigenvalue weighted by Gasteiger charge is -2.09. The van der Waals surface area contributed by atoms with Crippen LogP contribution in [-0.4, -0.2) is 41.9 Å². The van der Waals surface area contributed by atoms with Gasteiger partial charge in [0.1, 0.15) is 12.2 Å². The van der Waals surface area contributed by atoms with Crippen LogP contribution in [0.5, 0.6) is 11.5 Å². The molecule has 0 radical (unpaired) electrons. The number of nitrogens with one attached hydrogen (secondary N) is 2. The van der Waals surface area contributed by atoms with Crippen LogP contribution in [0.2, 0.25) is 0 Å². The molecule has 2 aromatic rings. The van der Waals surface area contributed by atoms with E-state index in [1.807, 2.05) is 6.07 Å². The number of aromatic amines is 1. The molecule has 0 saturated heterocycles. The highest BCUT2D eigenvalue weighted by molar-refractivity contribution is 5.78. The molecule has 0 spiro atoms. The minimum absolute atomic E-state index is 0.0539. The molecule has 0 aliphatic rings. The highest BCUT2D eigenvalue weighted by Crippen LogP contribution is 2.27. The molecule has 1 heterocycles. The van der Waals surface area contributed by atoms with E-state index in [0.29, 0.717) is 24.5 Å². The first-order chi connectivity index (χ1) is 10.2. The molecule has 0 unspecified atom stereocenters. The Morgan fingerprint density at radius 3 is 2.76 bits per heavy atom. The van der Waals surface area contributed by atoms with Gasteiger partial charge in [0.25, 0.3) is 0 Å². The van der Waals surface area contributed by atoms with Gasteiger partial charge in [-0.1, -0.05) is 6.07 Å². The first-order valence-corrected chi connectivity index (χ1v) is 6.54. The largest absolute Gasteiger partial charge is 0.493 e. The first-order valence-electron chi connectivity index (χ1n) is 6.54. The van der Waals surface area contributed by atoms with Crippen molar-refractivity contribution in [2.24, 2.45) is 0 Å². The van der Waals surface area contributed by atoms with Gasteiger partial charge in [-0.05, 0) is 17.7 Å². The van der Waals surface area contributed by atoms with Crippen LogP contribution in [0.15, 0.2) is 24.5 Å². The van der Waals surface area contributed by atoms with Gasteiger partial charge in [-0.3, -0.25) is 9.89 Å². The van der Waals surface area contributed by atoms with Gasteiger partial charge in [-0.25, -0.2) is 4.98 Å². The lowest BCUT2D eigenvalue weighted by atomic mass is 10.1. The van der Waals surface area contributed by atoms with Crippen LogP contribution >= 0.6 is 0 Å². The lowest BCUT2D eigenvalue weighted by Crippen LogP contribution is -2.27. The Bertz CT molecular complexity index is 584. The van der Waals surface area contributed by atoms with Crippen molar-refractivity contribution < 1.29 is 14.3 Å². The summed E-state index contributed by atoms with van der Waals surface area (Å²) in [5.74, 6) is 1.96. The van der Waals surface area contributed by atoms with Crippen LogP contribution < -0.4 is 14.8 Å². The van der Waals surface area contributed by atoms with Crippen LogP contribution in [0.4, 0.5) is 0 Å². The van der Waals surface area contributed by atoms with Gasteiger partial charge in [0.05, 0.1) is 20.6 Å². The van der Waals surface area contributed by atoms with E-state index in [2.05, 4.69) is 20.5 Å². The van der Waals surface area contributed by atoms with E-state index in [1.54, 1.807) is 26.4 Å². The maximum atomic E-state index is 11.9. The summed E-state index contributed by atoms with van der Waals surface area (Å²) < 4.78 is 10.4. The third kappa shape index (κ3) is 4.20. The van der Waals surface area contributed by atoms with Crippen molar-refractivity contribution in [2.45, 2.75) is 12.8 Å². The second-order valence-corrected chi connectivity index (χ2v) is 4.40. The summed E-state index contributed by atoms with van der Waals surface area (Å²) >= 11 is 0. The molecule has 0 atom stereocenters. The van der Waals surface area contributed by atoms with Crippen molar-refractivity contribution in [1.29, 1.82) is 0 Å². The molecule has 0 bridgehead atoms. The standard InChI is InChI=1S/C14H18N4O3/c1-20-11-4-3-10(7-12(11)21-2)8-14(19)15-6-5-13-16-9-17-18-13/h3-4,7,9H,5-6,8H2,1-2H3,(H,15,19)(H,16,17,18). The summed E-state index contributed by atoms with van der Waals surface area (Å²) in [5, 5.41) is 9.33. The summed E-state index contributed by atoms with van der Waals surface area (Å²) in [6.07, 6.45) is 2.36. The van der Waals surface area contributed by atoms with E-state index in [-0.39, 0.29) is 12.3 Å². The minimum Gasteiger partial charge on any atom is -0.493 e. The van der Waals surface area contributed by atoms with Gasteiger partial charge in [0, 0.05) is 13.0 Å². The number of aromatic nitrogens is 3. The molecule has 2 N–H and O–H groups in total. The molecule has 7 nitrogen and oxygen atoms in total. The average molecular weight is 290 g/mol. The maximum absolute atomic E-state index is 11.9. The maximum Gasteiger partial charge on any atom is 0.224 e. The Morgan fingerprint density at radius 1 is 1.29 bits per heavy atom. The quantitative estimate of drug-likeness (QED) is 0.784. The van der Waals surface area contributed by atoms with Crippen molar-refractivity contribution in [3.8, 4) is 11.5 Å². The summed E-state index contributed by atoms with van der Waals surface area (Å²) in [6.45, 7) is 0.515. The molecule has 0 aliphatic heterocycles. The van der Waals surface area contributed by atoms with E-state index >= 15 is 0 Å². The molecule has 0 aliphatic carbocycles. The normalized spacial score (nSPS) is 10.2. The molecule has 0 fully saturated rings. The van der Waals surface area contributed by atoms with Crippen molar-refractivity contribution in [1.82, 2.24) is 20.5 Å². The highest BCUT2D eigenvalue weighted by atomic mass is 16.5. The third-order valence-electron chi connectivity index (χ3n) is 2.96. The van der Waals surface area contributed by atoms with Crippen LogP contribution in [0.1, 0.15) is 11.4 Å². The molecule has 1 aromatic heterocycles. The lowest BCUT2D eigenvalue weighted by molar-refractivity contribution is -0.120. The molecular formula is C14H18N4O3. The Morgan fingerprint density at radius 2 is 2.10 bits per heavy atom. The Hall–Kier alpha value is -2.57. The molecule has 112 valence electrons. The zero-order valence-electron chi connectivity index (χ0n) is 12.0. The van der Waals surface area contributed by atoms with Gasteiger partial charge < -0.3 is 14.8 Å². The highest BCUT2D eigenvalue weighted by Gasteiger charge is 2.08. The minimum atomic E-state index is -0.0539. The van der Waals surface area contributed by atoms with Gasteiger partial charge in [-0.15, -0.1) is 0 Å². The number of ether oxygens (including phenoxy) is 2. The third-order valence-corrected chi connectivity index (χ3v) is 2.96. The van der Waals surface area contributed by atoms with Crippen molar-refractivity contribution in [2.75, 3.05) is 20.8 Å². The molecule has 1 amide bonds. The number of benzene rings is 1. The van der Waals surface area contributed by atoms with Crippen molar-refractivity contribution in [3.05, 3.63) is 35.9 Å². The topological polar surface area (TPSA) is 89.1 Å². The number of methoxy groups -OCH3 is 2. The number of amides is 1. The van der Waals surface area contributed by atoms with E-state index in [4.69, 9.17) is 9.47 Å². The van der Waals surface area contributed by atoms with E-state index < -0.39 is 0 Å². The average Bonchev–Trinajstić information content (AvgIpc) is 3.00. The number of carbonyl (C=O) groups is 1. The van der Waals surface area contributed by atoms with Crippen LogP contribution in [0.3, 0.4) is 0 Å². The number of H-pyrrole nitrogens is 1. The number of rotatable bonds is 7. The fourth-order valence-electron chi connectivity index (χ4n) is 1.91. The summed E-state index contributed by atoms with van der Waals surface area (Å²) in [4.78, 5) is 15.9. The van der Waals surface area contributed by atoms with E-state index in [9.17, 15) is 4.79 Å². The van der Waals surface area contributed by atoms with Crippen LogP contribution in [-0.2, 0) is 17.6 Å². The Labute approximate surface area is 122 Å². The predicted molar refractivity (Wildman–Crippen MR) is 76.3 cm³/mol. The van der Waals surface area contributed by atoms with Crippen LogP contribution in [0.25, 0.3) is 0 Å². The van der Waals surface area contributed by atoms with Crippen molar-refractivity contribution >= 4 is 5.91 Å². The Kier molecular flexibility index (Phi) is 5.14. The number of nitrogens with zero attached hydrogens (tertiary/aromatic N) is 2. The molecule has 0 saturated carbocycles. The second kappa shape index (κ2) is 7.28. The molecule has 21 heavy (non-hydrogen) atoms. The van der Waals surface area contributed by atoms with E-state index in [1.165, 1.54) is 6.33 Å². The predicted octanol–water partition coefficient (Wildman–Crippen LogP) is 0.723. The fraction of sp³-hybridized carbons (Fsp3) is 0.357. The molecule has 2 rings (SSSR count). The second-order valence-electron chi connectivity index (χ2n) is 4.40. The summed E-state index contributed by atoms with van der Waals surface area (Å²) in [7, 11) is 3.15. The zero-order chi connectivity index (χ0) is 15.1. The van der Waals surface area contributed by atoms with Gasteiger partial charge >= 0.3 is 0 Å². The molecule has 7 heteroatoms. The zero-order valence-corrected chi connectivity index (χ0v) is 12.0. The summed E-state index contributed by atoms with van der Waals surface area (Å²) in [6, 6.07) is 5.43. The monoisotopic (exact) mass is 290 g/mol. The summed E-state index contributed by atoms with van der Waals surface area (Å²) in [5.41, 5.74) is 0.866. The van der Waals surface area contributed by atoms with Gasteiger partial charge in [-0.2, -0.15) is 5.10 Å².